The molecule has 0 aromatic rings. The number of allylic oxidation sites excluding steroid dienone is 4. The Morgan fingerprint density at radius 3 is 1.25 bits per heavy atom. The number of hydrogen-bond donors (Lipinski definition) is 3. The van der Waals surface area contributed by atoms with Gasteiger partial charge in [-0.1, -0.05) is 225 Å². The zero-order chi connectivity index (χ0) is 43.8. The molecule has 6 nitrogen and oxygen atoms in total. The molecule has 0 aliphatic heterocycles. The van der Waals surface area contributed by atoms with Gasteiger partial charge in [0.25, 0.3) is 0 Å². The molecular weight excluding hydrogens is 743 g/mol. The molecule has 0 aliphatic carbocycles. The summed E-state index contributed by atoms with van der Waals surface area (Å²) in [5.41, 5.74) is 0. The minimum Gasteiger partial charge on any atom is -0.462 e. The highest BCUT2D eigenvalue weighted by molar-refractivity contribution is 5.77. The molecule has 0 spiro atoms. The van der Waals surface area contributed by atoms with Crippen LogP contribution in [-0.4, -0.2) is 46.9 Å². The molecule has 0 radical (unpaired) electrons. The fourth-order valence-electron chi connectivity index (χ4n) is 8.19. The molecule has 0 rings (SSSR count). The molecular formula is C54H103NO5. The molecule has 0 bridgehead atoms. The van der Waals surface area contributed by atoms with Crippen molar-refractivity contribution in [2.75, 3.05) is 6.61 Å². The zero-order valence-corrected chi connectivity index (χ0v) is 40.4. The van der Waals surface area contributed by atoms with Crippen molar-refractivity contribution in [3.05, 3.63) is 24.3 Å². The van der Waals surface area contributed by atoms with Crippen molar-refractivity contribution in [3.8, 4) is 0 Å². The first kappa shape index (κ1) is 58.3. The quantitative estimate of drug-likeness (QED) is 0.0322. The van der Waals surface area contributed by atoms with Gasteiger partial charge >= 0.3 is 5.97 Å². The van der Waals surface area contributed by atoms with E-state index in [4.69, 9.17) is 4.74 Å². The third-order valence-electron chi connectivity index (χ3n) is 12.2. The van der Waals surface area contributed by atoms with Crippen LogP contribution in [-0.2, 0) is 14.3 Å². The predicted octanol–water partition coefficient (Wildman–Crippen LogP) is 15.9. The van der Waals surface area contributed by atoms with E-state index in [0.29, 0.717) is 19.3 Å². The first-order chi connectivity index (χ1) is 29.5. The minimum atomic E-state index is -0.788. The average molecular weight is 846 g/mol. The maximum atomic E-state index is 13.2. The molecule has 0 aliphatic rings. The van der Waals surface area contributed by atoms with E-state index in [1.807, 2.05) is 0 Å². The third kappa shape index (κ3) is 43.0. The van der Waals surface area contributed by atoms with Crippen LogP contribution in [0, 0.1) is 0 Å². The highest BCUT2D eigenvalue weighted by Crippen LogP contribution is 2.18. The van der Waals surface area contributed by atoms with Crippen LogP contribution in [0.1, 0.15) is 284 Å². The van der Waals surface area contributed by atoms with Crippen molar-refractivity contribution in [2.24, 2.45) is 0 Å². The number of carbonyl (C=O) groups excluding carboxylic acids is 2. The number of carbonyl (C=O) groups is 2. The summed E-state index contributed by atoms with van der Waals surface area (Å²) in [4.78, 5) is 26.1. The number of hydrogen-bond acceptors (Lipinski definition) is 5. The summed E-state index contributed by atoms with van der Waals surface area (Å²) in [6.45, 7) is 6.44. The van der Waals surface area contributed by atoms with Gasteiger partial charge in [-0.3, -0.25) is 9.59 Å². The van der Waals surface area contributed by atoms with E-state index in [9.17, 15) is 19.8 Å². The molecule has 0 saturated carbocycles. The van der Waals surface area contributed by atoms with Gasteiger partial charge in [0.15, 0.2) is 0 Å². The summed E-state index contributed by atoms with van der Waals surface area (Å²) >= 11 is 0. The monoisotopic (exact) mass is 846 g/mol. The summed E-state index contributed by atoms with van der Waals surface area (Å²) in [7, 11) is 0. The normalized spacial score (nSPS) is 13.3. The smallest absolute Gasteiger partial charge is 0.306 e. The Bertz CT molecular complexity index is 950. The van der Waals surface area contributed by atoms with E-state index in [0.717, 1.165) is 70.6 Å². The molecule has 3 N–H and O–H groups in total. The first-order valence-electron chi connectivity index (χ1n) is 26.6. The number of esters is 1. The number of amides is 1. The third-order valence-corrected chi connectivity index (χ3v) is 12.2. The molecule has 1 amide bonds. The van der Waals surface area contributed by atoms with Gasteiger partial charge in [0.1, 0.15) is 6.10 Å². The van der Waals surface area contributed by atoms with Crippen molar-refractivity contribution in [3.63, 3.8) is 0 Å². The molecule has 3 atom stereocenters. The number of nitrogens with one attached hydrogen (secondary N) is 1. The Kier molecular flexibility index (Phi) is 47.0. The fraction of sp³-hybridized carbons (Fsp3) is 0.889. The van der Waals surface area contributed by atoms with Gasteiger partial charge in [0.2, 0.25) is 5.91 Å². The second-order valence-electron chi connectivity index (χ2n) is 18.3. The lowest BCUT2D eigenvalue weighted by molar-refractivity contribution is -0.151. The molecule has 60 heavy (non-hydrogen) atoms. The SMILES string of the molecule is CCC/C=C\CCCCCCCC(=O)OC(CCCCCCC/C=C/CCCCCCCC)CC(=O)NC(CO)C(O)CCCCCCCCCCCCCCCCCC. The van der Waals surface area contributed by atoms with Crippen molar-refractivity contribution in [1.82, 2.24) is 5.32 Å². The first-order valence-corrected chi connectivity index (χ1v) is 26.6. The van der Waals surface area contributed by atoms with Gasteiger partial charge in [-0.2, -0.15) is 0 Å². The molecule has 0 aromatic carbocycles. The highest BCUT2D eigenvalue weighted by Gasteiger charge is 2.24. The van der Waals surface area contributed by atoms with Crippen LogP contribution in [0.15, 0.2) is 24.3 Å². The van der Waals surface area contributed by atoms with E-state index in [2.05, 4.69) is 50.4 Å². The summed E-state index contributed by atoms with van der Waals surface area (Å²) in [6.07, 6.45) is 55.3. The Balaban J connectivity index is 4.50. The summed E-state index contributed by atoms with van der Waals surface area (Å²) in [6, 6.07) is -0.702. The van der Waals surface area contributed by atoms with Crippen LogP contribution in [0.4, 0.5) is 0 Å². The summed E-state index contributed by atoms with van der Waals surface area (Å²) in [5.74, 6) is -0.483. The number of ether oxygens (including phenoxy) is 1. The van der Waals surface area contributed by atoms with Gasteiger partial charge in [-0.15, -0.1) is 0 Å². The van der Waals surface area contributed by atoms with Gasteiger partial charge < -0.3 is 20.3 Å². The van der Waals surface area contributed by atoms with E-state index in [1.54, 1.807) is 0 Å². The highest BCUT2D eigenvalue weighted by atomic mass is 16.5. The molecule has 0 saturated heterocycles. The van der Waals surface area contributed by atoms with Crippen molar-refractivity contribution in [2.45, 2.75) is 302 Å². The summed E-state index contributed by atoms with van der Waals surface area (Å²) in [5, 5.41) is 23.8. The van der Waals surface area contributed by atoms with E-state index in [1.165, 1.54) is 167 Å². The van der Waals surface area contributed by atoms with Gasteiger partial charge in [0.05, 0.1) is 25.2 Å². The maximum Gasteiger partial charge on any atom is 0.306 e. The Morgan fingerprint density at radius 1 is 0.467 bits per heavy atom. The maximum absolute atomic E-state index is 13.2. The van der Waals surface area contributed by atoms with Crippen LogP contribution in [0.2, 0.25) is 0 Å². The van der Waals surface area contributed by atoms with Gasteiger partial charge in [0, 0.05) is 6.42 Å². The van der Waals surface area contributed by atoms with Crippen molar-refractivity contribution >= 4 is 11.9 Å². The Morgan fingerprint density at radius 2 is 0.833 bits per heavy atom. The standard InChI is InChI=1S/C54H103NO5/c1-4-7-10-13-16-19-22-24-26-28-30-32-34-37-40-43-46-52(57)51(49-56)55-53(58)48-50(60-54(59)47-44-41-38-35-21-18-15-12-9-6-3)45-42-39-36-33-31-29-27-25-23-20-17-14-11-8-5-2/h12,15,25,27,50-52,56-57H,4-11,13-14,16-24,26,28-49H2,1-3H3,(H,55,58)/b15-12-,27-25+. The zero-order valence-electron chi connectivity index (χ0n) is 40.4. The number of aliphatic hydroxyl groups excluding tert-OH is 2. The van der Waals surface area contributed by atoms with E-state index < -0.39 is 18.2 Å². The van der Waals surface area contributed by atoms with Crippen molar-refractivity contribution in [1.29, 1.82) is 0 Å². The second kappa shape index (κ2) is 48.4. The predicted molar refractivity (Wildman–Crippen MR) is 260 cm³/mol. The average Bonchev–Trinajstić information content (AvgIpc) is 3.24. The van der Waals surface area contributed by atoms with Crippen LogP contribution in [0.25, 0.3) is 0 Å². The molecule has 0 fully saturated rings. The Labute approximate surface area is 373 Å². The molecule has 3 unspecified atom stereocenters. The molecule has 0 aromatic heterocycles. The molecule has 6 heteroatoms. The molecule has 354 valence electrons. The number of aliphatic hydroxyl groups is 2. The number of unbranched alkanes of at least 4 members (excludes halogenated alkanes) is 32. The van der Waals surface area contributed by atoms with Crippen LogP contribution in [0.3, 0.4) is 0 Å². The minimum absolute atomic E-state index is 0.0724. The lowest BCUT2D eigenvalue weighted by Crippen LogP contribution is -2.46. The molecule has 0 heterocycles. The van der Waals surface area contributed by atoms with E-state index in [-0.39, 0.29) is 24.9 Å². The van der Waals surface area contributed by atoms with Gasteiger partial charge in [-0.25, -0.2) is 0 Å². The van der Waals surface area contributed by atoms with Gasteiger partial charge in [-0.05, 0) is 70.6 Å². The van der Waals surface area contributed by atoms with Crippen LogP contribution < -0.4 is 5.32 Å². The van der Waals surface area contributed by atoms with Crippen LogP contribution in [0.5, 0.6) is 0 Å². The van der Waals surface area contributed by atoms with Crippen LogP contribution >= 0.6 is 0 Å². The number of rotatable bonds is 48. The Hall–Kier alpha value is -1.66. The van der Waals surface area contributed by atoms with Crippen molar-refractivity contribution < 1.29 is 24.5 Å². The second-order valence-corrected chi connectivity index (χ2v) is 18.3. The van der Waals surface area contributed by atoms with E-state index >= 15 is 0 Å². The largest absolute Gasteiger partial charge is 0.462 e. The summed E-state index contributed by atoms with van der Waals surface area (Å²) < 4.78 is 5.92. The fourth-order valence-corrected chi connectivity index (χ4v) is 8.19. The lowest BCUT2D eigenvalue weighted by Gasteiger charge is -2.24. The topological polar surface area (TPSA) is 95.9 Å². The lowest BCUT2D eigenvalue weighted by atomic mass is 10.0.